The number of carbonyl (C=O) groups is 2. The molecule has 0 bridgehead atoms. The summed E-state index contributed by atoms with van der Waals surface area (Å²) >= 11 is 2.73. The van der Waals surface area contributed by atoms with Crippen molar-refractivity contribution in [2.45, 2.75) is 19.9 Å². The molecule has 0 aliphatic carbocycles. The van der Waals surface area contributed by atoms with E-state index < -0.39 is 5.97 Å². The minimum Gasteiger partial charge on any atom is -0.465 e. The number of thiazole rings is 1. The lowest BCUT2D eigenvalue weighted by Gasteiger charge is -2.25. The number of esters is 1. The third-order valence-corrected chi connectivity index (χ3v) is 6.53. The first kappa shape index (κ1) is 17.9. The van der Waals surface area contributed by atoms with E-state index in [1.807, 2.05) is 0 Å². The van der Waals surface area contributed by atoms with Crippen LogP contribution in [-0.2, 0) is 22.5 Å². The van der Waals surface area contributed by atoms with E-state index >= 15 is 0 Å². The molecule has 1 aliphatic heterocycles. The van der Waals surface area contributed by atoms with Crippen LogP contribution in [0, 0.1) is 5.82 Å². The van der Waals surface area contributed by atoms with Gasteiger partial charge >= 0.3 is 5.97 Å². The highest BCUT2D eigenvalue weighted by Crippen LogP contribution is 2.40. The maximum atomic E-state index is 13.4. The zero-order valence-corrected chi connectivity index (χ0v) is 16.3. The van der Waals surface area contributed by atoms with Crippen LogP contribution in [0.4, 0.5) is 14.5 Å². The highest BCUT2D eigenvalue weighted by atomic mass is 32.1. The van der Waals surface area contributed by atoms with E-state index in [2.05, 4.69) is 10.3 Å². The summed E-state index contributed by atoms with van der Waals surface area (Å²) in [7, 11) is 1.35. The number of aromatic nitrogens is 1. The molecule has 3 aromatic rings. The number of hydrogen-bond donors (Lipinski definition) is 1. The fraction of sp³-hybridized carbons (Fsp3) is 0.278. The molecular weight excluding hydrogens is 389 g/mol. The van der Waals surface area contributed by atoms with E-state index in [-0.39, 0.29) is 11.7 Å². The minimum absolute atomic E-state index is 0.0105. The smallest absolute Gasteiger partial charge is 0.341 e. The molecule has 1 aromatic carbocycles. The van der Waals surface area contributed by atoms with Crippen LogP contribution in [0.25, 0.3) is 10.2 Å². The number of hydrogen-bond acceptors (Lipinski definition) is 7. The molecule has 3 heterocycles. The van der Waals surface area contributed by atoms with Crippen LogP contribution >= 0.6 is 22.7 Å². The standard InChI is InChI=1S/C18H16FN3O3S2/c1-9(23)22-6-5-11-14(8-22)26-16(15(11)17(24)25-2)21-18-20-12-4-3-10(19)7-13(12)27-18/h3-4,7H,5-6,8H2,1-2H3,(H,20,21). The predicted molar refractivity (Wildman–Crippen MR) is 103 cm³/mol. The molecule has 0 fully saturated rings. The summed E-state index contributed by atoms with van der Waals surface area (Å²) in [5.41, 5.74) is 2.10. The summed E-state index contributed by atoms with van der Waals surface area (Å²) in [6.45, 7) is 2.59. The van der Waals surface area contributed by atoms with E-state index in [9.17, 15) is 14.0 Å². The average molecular weight is 405 g/mol. The molecule has 0 radical (unpaired) electrons. The number of ether oxygens (including phenoxy) is 1. The van der Waals surface area contributed by atoms with Crippen LogP contribution in [0.2, 0.25) is 0 Å². The van der Waals surface area contributed by atoms with Gasteiger partial charge in [-0.05, 0) is 30.2 Å². The van der Waals surface area contributed by atoms with Crippen LogP contribution < -0.4 is 5.32 Å². The molecule has 1 aliphatic rings. The van der Waals surface area contributed by atoms with E-state index in [0.29, 0.717) is 40.7 Å². The van der Waals surface area contributed by atoms with Gasteiger partial charge in [-0.25, -0.2) is 14.2 Å². The van der Waals surface area contributed by atoms with Gasteiger partial charge in [0, 0.05) is 18.3 Å². The van der Waals surface area contributed by atoms with Gasteiger partial charge in [0.15, 0.2) is 5.13 Å². The Morgan fingerprint density at radius 2 is 2.15 bits per heavy atom. The first-order valence-corrected chi connectivity index (χ1v) is 9.91. The molecule has 0 unspecified atom stereocenters. The Labute approximate surface area is 162 Å². The van der Waals surface area contributed by atoms with Crippen molar-refractivity contribution in [3.63, 3.8) is 0 Å². The number of benzene rings is 1. The molecule has 140 valence electrons. The van der Waals surface area contributed by atoms with Gasteiger partial charge in [0.05, 0.1) is 29.4 Å². The Kier molecular flexibility index (Phi) is 4.56. The molecule has 9 heteroatoms. The molecule has 2 aromatic heterocycles. The lowest BCUT2D eigenvalue weighted by Crippen LogP contribution is -2.33. The van der Waals surface area contributed by atoms with Gasteiger partial charge in [0.2, 0.25) is 5.91 Å². The van der Waals surface area contributed by atoms with Crippen LogP contribution in [0.15, 0.2) is 18.2 Å². The Bertz CT molecular complexity index is 1060. The number of rotatable bonds is 3. The van der Waals surface area contributed by atoms with Crippen LogP contribution in [-0.4, -0.2) is 35.4 Å². The van der Waals surface area contributed by atoms with Crippen molar-refractivity contribution in [1.29, 1.82) is 0 Å². The third kappa shape index (κ3) is 3.28. The molecule has 0 saturated carbocycles. The van der Waals surface area contributed by atoms with Crippen LogP contribution in [0.5, 0.6) is 0 Å². The van der Waals surface area contributed by atoms with Crippen molar-refractivity contribution in [2.75, 3.05) is 19.0 Å². The Morgan fingerprint density at radius 1 is 1.33 bits per heavy atom. The molecule has 0 saturated heterocycles. The van der Waals surface area contributed by atoms with Crippen LogP contribution in [0.1, 0.15) is 27.7 Å². The summed E-state index contributed by atoms with van der Waals surface area (Å²) in [6, 6.07) is 4.42. The summed E-state index contributed by atoms with van der Waals surface area (Å²) in [5.74, 6) is -0.723. The molecule has 0 spiro atoms. The predicted octanol–water partition coefficient (Wildman–Crippen LogP) is 3.93. The molecular formula is C18H16FN3O3S2. The van der Waals surface area contributed by atoms with Gasteiger partial charge in [-0.3, -0.25) is 4.79 Å². The summed E-state index contributed by atoms with van der Waals surface area (Å²) in [6.07, 6.45) is 0.600. The summed E-state index contributed by atoms with van der Waals surface area (Å²) in [5, 5.41) is 4.41. The lowest BCUT2D eigenvalue weighted by atomic mass is 10.0. The topological polar surface area (TPSA) is 71.5 Å². The third-order valence-electron chi connectivity index (χ3n) is 4.46. The van der Waals surface area contributed by atoms with Crippen molar-refractivity contribution in [3.05, 3.63) is 40.0 Å². The molecule has 0 atom stereocenters. The number of thiophene rings is 1. The van der Waals surface area contributed by atoms with E-state index in [1.165, 1.54) is 41.9 Å². The van der Waals surface area contributed by atoms with E-state index in [1.54, 1.807) is 17.9 Å². The first-order valence-electron chi connectivity index (χ1n) is 8.27. The fourth-order valence-corrected chi connectivity index (χ4v) is 5.34. The number of methoxy groups -OCH3 is 1. The Morgan fingerprint density at radius 3 is 2.89 bits per heavy atom. The van der Waals surface area contributed by atoms with Crippen molar-refractivity contribution < 1.29 is 18.7 Å². The molecule has 1 amide bonds. The fourth-order valence-electron chi connectivity index (χ4n) is 3.13. The summed E-state index contributed by atoms with van der Waals surface area (Å²) in [4.78, 5) is 31.3. The Balaban J connectivity index is 1.72. The number of nitrogens with one attached hydrogen (secondary N) is 1. The largest absolute Gasteiger partial charge is 0.465 e. The van der Waals surface area contributed by atoms with Gasteiger partial charge < -0.3 is 15.0 Å². The number of anilines is 2. The maximum absolute atomic E-state index is 13.4. The highest BCUT2D eigenvalue weighted by Gasteiger charge is 2.29. The lowest BCUT2D eigenvalue weighted by molar-refractivity contribution is -0.129. The van der Waals surface area contributed by atoms with Crippen molar-refractivity contribution in [2.24, 2.45) is 0 Å². The van der Waals surface area contributed by atoms with Crippen molar-refractivity contribution in [3.8, 4) is 0 Å². The number of fused-ring (bicyclic) bond motifs is 2. The van der Waals surface area contributed by atoms with Gasteiger partial charge in [0.1, 0.15) is 10.8 Å². The van der Waals surface area contributed by atoms with Gasteiger partial charge in [-0.1, -0.05) is 11.3 Å². The van der Waals surface area contributed by atoms with Gasteiger partial charge in [-0.2, -0.15) is 0 Å². The molecule has 6 nitrogen and oxygen atoms in total. The van der Waals surface area contributed by atoms with E-state index in [0.717, 1.165) is 15.1 Å². The molecule has 1 N–H and O–H groups in total. The second-order valence-corrected chi connectivity index (χ2v) is 8.28. The normalized spacial score (nSPS) is 13.5. The van der Waals surface area contributed by atoms with Gasteiger partial charge in [-0.15, -0.1) is 11.3 Å². The number of carbonyl (C=O) groups excluding carboxylic acids is 2. The summed E-state index contributed by atoms with van der Waals surface area (Å²) < 4.78 is 19.1. The second-order valence-electron chi connectivity index (χ2n) is 6.15. The number of halogens is 1. The SMILES string of the molecule is COC(=O)c1c(Nc2nc3ccc(F)cc3s2)sc2c1CCN(C(C)=O)C2. The number of amides is 1. The zero-order chi connectivity index (χ0) is 19.1. The zero-order valence-electron chi connectivity index (χ0n) is 14.7. The minimum atomic E-state index is -0.418. The van der Waals surface area contributed by atoms with Crippen molar-refractivity contribution in [1.82, 2.24) is 9.88 Å². The van der Waals surface area contributed by atoms with Crippen molar-refractivity contribution >= 4 is 54.9 Å². The van der Waals surface area contributed by atoms with Crippen LogP contribution in [0.3, 0.4) is 0 Å². The second kappa shape index (κ2) is 6.90. The first-order chi connectivity index (χ1) is 13.0. The molecule has 4 rings (SSSR count). The average Bonchev–Trinajstić information content (AvgIpc) is 3.20. The quantitative estimate of drug-likeness (QED) is 0.669. The van der Waals surface area contributed by atoms with E-state index in [4.69, 9.17) is 4.74 Å². The Hall–Kier alpha value is -2.52. The maximum Gasteiger partial charge on any atom is 0.341 e. The molecule has 27 heavy (non-hydrogen) atoms. The van der Waals surface area contributed by atoms with Gasteiger partial charge in [0.25, 0.3) is 0 Å². The number of nitrogens with zero attached hydrogens (tertiary/aromatic N) is 2. The monoisotopic (exact) mass is 405 g/mol. The highest BCUT2D eigenvalue weighted by molar-refractivity contribution is 7.23.